The summed E-state index contributed by atoms with van der Waals surface area (Å²) >= 11 is 1.60. The number of alkyl halides is 3. The Morgan fingerprint density at radius 2 is 1.77 bits per heavy atom. The molecule has 1 unspecified atom stereocenters. The molecule has 2 rings (SSSR count). The minimum atomic E-state index is -4.37. The Morgan fingerprint density at radius 1 is 1.03 bits per heavy atom. The number of halogens is 3. The van der Waals surface area contributed by atoms with Gasteiger partial charge in [0.1, 0.15) is 31.0 Å². The van der Waals surface area contributed by atoms with Crippen molar-refractivity contribution >= 4 is 11.8 Å². The van der Waals surface area contributed by atoms with Crippen molar-refractivity contribution in [3.63, 3.8) is 0 Å². The quantitative estimate of drug-likeness (QED) is 0.298. The monoisotopic (exact) mass is 444 g/mol. The largest absolute Gasteiger partial charge is 0.493 e. The first kappa shape index (κ1) is 24.4. The van der Waals surface area contributed by atoms with Crippen molar-refractivity contribution in [1.29, 1.82) is 0 Å². The van der Waals surface area contributed by atoms with Gasteiger partial charge in [-0.15, -0.1) is 11.8 Å². The minimum Gasteiger partial charge on any atom is -0.493 e. The minimum absolute atomic E-state index is 0.102. The number of aryl methyl sites for hydroxylation is 1. The summed E-state index contributed by atoms with van der Waals surface area (Å²) in [6.07, 6.45) is -3.71. The van der Waals surface area contributed by atoms with Gasteiger partial charge >= 0.3 is 6.18 Å². The zero-order chi connectivity index (χ0) is 22.0. The molecule has 2 aromatic rings. The Hall–Kier alpha value is -1.90. The van der Waals surface area contributed by atoms with E-state index in [0.29, 0.717) is 18.1 Å². The van der Waals surface area contributed by atoms with Gasteiger partial charge < -0.3 is 18.9 Å². The zero-order valence-electron chi connectivity index (χ0n) is 17.3. The Kier molecular flexibility index (Phi) is 9.81. The van der Waals surface area contributed by atoms with Crippen LogP contribution in [0.1, 0.15) is 24.5 Å². The van der Waals surface area contributed by atoms with Gasteiger partial charge in [-0.1, -0.05) is 6.92 Å². The molecule has 0 saturated heterocycles. The molecule has 4 nitrogen and oxygen atoms in total. The van der Waals surface area contributed by atoms with E-state index in [1.54, 1.807) is 11.8 Å². The molecule has 0 spiro atoms. The average Bonchev–Trinajstić information content (AvgIpc) is 2.72. The van der Waals surface area contributed by atoms with E-state index in [1.807, 2.05) is 19.1 Å². The number of rotatable bonds is 12. The summed E-state index contributed by atoms with van der Waals surface area (Å²) in [7, 11) is 1.53. The third-order valence-electron chi connectivity index (χ3n) is 4.08. The number of benzene rings is 2. The van der Waals surface area contributed by atoms with Gasteiger partial charge in [0.2, 0.25) is 0 Å². The summed E-state index contributed by atoms with van der Waals surface area (Å²) < 4.78 is 59.9. The molecule has 0 heterocycles. The summed E-state index contributed by atoms with van der Waals surface area (Å²) in [5, 5.41) is 0. The van der Waals surface area contributed by atoms with Gasteiger partial charge in [-0.25, -0.2) is 0 Å². The highest BCUT2D eigenvalue weighted by Crippen LogP contribution is 2.30. The number of methoxy groups -OCH3 is 1. The third kappa shape index (κ3) is 8.08. The number of hydrogen-bond donors (Lipinski definition) is 0. The van der Waals surface area contributed by atoms with E-state index in [-0.39, 0.29) is 19.5 Å². The molecule has 0 aromatic heterocycles. The van der Waals surface area contributed by atoms with Gasteiger partial charge in [0.15, 0.2) is 0 Å². The van der Waals surface area contributed by atoms with Crippen LogP contribution in [0.2, 0.25) is 0 Å². The normalized spacial score (nSPS) is 12.6. The predicted molar refractivity (Wildman–Crippen MR) is 111 cm³/mol. The topological polar surface area (TPSA) is 36.9 Å². The van der Waals surface area contributed by atoms with Crippen LogP contribution in [0.4, 0.5) is 13.2 Å². The maximum atomic E-state index is 12.7. The molecule has 166 valence electrons. The van der Waals surface area contributed by atoms with Gasteiger partial charge in [-0.2, -0.15) is 13.2 Å². The van der Waals surface area contributed by atoms with Crippen molar-refractivity contribution in [3.8, 4) is 11.5 Å². The van der Waals surface area contributed by atoms with E-state index < -0.39 is 11.7 Å². The van der Waals surface area contributed by atoms with E-state index in [1.165, 1.54) is 19.2 Å². The molecule has 0 bridgehead atoms. The number of ether oxygens (including phenoxy) is 4. The van der Waals surface area contributed by atoms with Crippen molar-refractivity contribution in [2.24, 2.45) is 0 Å². The molecule has 0 saturated carbocycles. The smallest absolute Gasteiger partial charge is 0.416 e. The van der Waals surface area contributed by atoms with E-state index in [4.69, 9.17) is 18.9 Å². The van der Waals surface area contributed by atoms with Crippen LogP contribution in [0.25, 0.3) is 0 Å². The molecule has 0 aliphatic carbocycles. The molecule has 0 radical (unpaired) electrons. The fraction of sp³-hybridized carbons (Fsp3) is 0.455. The van der Waals surface area contributed by atoms with Crippen molar-refractivity contribution in [1.82, 2.24) is 0 Å². The van der Waals surface area contributed by atoms with Crippen LogP contribution in [0, 0.1) is 6.92 Å². The Balaban J connectivity index is 1.91. The van der Waals surface area contributed by atoms with Crippen LogP contribution in [0.5, 0.6) is 11.5 Å². The molecular formula is C22H27F3O4S. The fourth-order valence-corrected chi connectivity index (χ4v) is 3.51. The second kappa shape index (κ2) is 12.1. The molecule has 0 aliphatic rings. The highest BCUT2D eigenvalue weighted by Gasteiger charge is 2.30. The molecule has 0 aliphatic heterocycles. The first-order valence-electron chi connectivity index (χ1n) is 9.60. The van der Waals surface area contributed by atoms with Crippen molar-refractivity contribution < 1.29 is 32.1 Å². The molecule has 1 atom stereocenters. The highest BCUT2D eigenvalue weighted by atomic mass is 32.2. The van der Waals surface area contributed by atoms with Crippen molar-refractivity contribution in [3.05, 3.63) is 53.6 Å². The van der Waals surface area contributed by atoms with Crippen LogP contribution in [-0.2, 0) is 15.7 Å². The fourth-order valence-electron chi connectivity index (χ4n) is 2.51. The van der Waals surface area contributed by atoms with Crippen LogP contribution >= 0.6 is 11.8 Å². The Morgan fingerprint density at radius 3 is 2.37 bits per heavy atom. The zero-order valence-corrected chi connectivity index (χ0v) is 18.1. The summed E-state index contributed by atoms with van der Waals surface area (Å²) in [6, 6.07) is 10.6. The highest BCUT2D eigenvalue weighted by molar-refractivity contribution is 7.99. The lowest BCUT2D eigenvalue weighted by molar-refractivity contribution is -0.137. The van der Waals surface area contributed by atoms with Crippen LogP contribution in [-0.4, -0.2) is 39.0 Å². The SMILES string of the molecule is CCCOc1ccc(SCC(COc2ccc(C(F)(F)F)cc2)OCOC)cc1C. The Bertz CT molecular complexity index is 766. The lowest BCUT2D eigenvalue weighted by Crippen LogP contribution is -2.25. The molecule has 8 heteroatoms. The molecule has 2 aromatic carbocycles. The molecule has 0 N–H and O–H groups in total. The molecular weight excluding hydrogens is 417 g/mol. The second-order valence-electron chi connectivity index (χ2n) is 6.62. The first-order valence-corrected chi connectivity index (χ1v) is 10.6. The third-order valence-corrected chi connectivity index (χ3v) is 5.21. The standard InChI is InChI=1S/C22H27F3O4S/c1-4-11-27-21-10-9-20(12-16(21)2)30-14-19(29-15-26-3)13-28-18-7-5-17(6-8-18)22(23,24)25/h5-10,12,19H,4,11,13-15H2,1-3H3. The van der Waals surface area contributed by atoms with Gasteiger partial charge in [0, 0.05) is 17.8 Å². The van der Waals surface area contributed by atoms with Gasteiger partial charge in [0.05, 0.1) is 12.2 Å². The van der Waals surface area contributed by atoms with Gasteiger partial charge in [0.25, 0.3) is 0 Å². The summed E-state index contributed by atoms with van der Waals surface area (Å²) in [5.74, 6) is 1.82. The van der Waals surface area contributed by atoms with E-state index in [2.05, 4.69) is 13.0 Å². The number of thioether (sulfide) groups is 1. The van der Waals surface area contributed by atoms with E-state index >= 15 is 0 Å². The average molecular weight is 445 g/mol. The lowest BCUT2D eigenvalue weighted by atomic mass is 10.2. The maximum absolute atomic E-state index is 12.7. The second-order valence-corrected chi connectivity index (χ2v) is 7.71. The first-order chi connectivity index (χ1) is 14.3. The lowest BCUT2D eigenvalue weighted by Gasteiger charge is -2.18. The Labute approximate surface area is 179 Å². The van der Waals surface area contributed by atoms with Crippen LogP contribution in [0.3, 0.4) is 0 Å². The molecule has 30 heavy (non-hydrogen) atoms. The summed E-state index contributed by atoms with van der Waals surface area (Å²) in [6.45, 7) is 5.04. The number of hydrogen-bond acceptors (Lipinski definition) is 5. The predicted octanol–water partition coefficient (Wildman–Crippen LogP) is 5.96. The van der Waals surface area contributed by atoms with Crippen molar-refractivity contribution in [2.75, 3.05) is 32.9 Å². The molecule has 0 amide bonds. The maximum Gasteiger partial charge on any atom is 0.416 e. The summed E-state index contributed by atoms with van der Waals surface area (Å²) in [5.41, 5.74) is 0.350. The van der Waals surface area contributed by atoms with Gasteiger partial charge in [-0.3, -0.25) is 0 Å². The van der Waals surface area contributed by atoms with Crippen LogP contribution < -0.4 is 9.47 Å². The van der Waals surface area contributed by atoms with E-state index in [0.717, 1.165) is 34.8 Å². The summed E-state index contributed by atoms with van der Waals surface area (Å²) in [4.78, 5) is 1.07. The van der Waals surface area contributed by atoms with E-state index in [9.17, 15) is 13.2 Å². The van der Waals surface area contributed by atoms with Crippen molar-refractivity contribution in [2.45, 2.75) is 37.4 Å². The van der Waals surface area contributed by atoms with Gasteiger partial charge in [-0.05, 0) is 61.4 Å². The van der Waals surface area contributed by atoms with Crippen LogP contribution in [0.15, 0.2) is 47.4 Å². The molecule has 0 fully saturated rings.